The molecule has 0 radical (unpaired) electrons. The van der Waals surface area contributed by atoms with E-state index in [0.29, 0.717) is 19.5 Å². The lowest BCUT2D eigenvalue weighted by molar-refractivity contribution is -0.137. The quantitative estimate of drug-likeness (QED) is 0.892. The summed E-state index contributed by atoms with van der Waals surface area (Å²) in [6.07, 6.45) is -3.55. The standard InChI is InChI=1S/C14H16ClF3N2O2/c15-12-4-3-9(6-11(12)14(16,17)18)19-13(22)8-20-5-1-2-10(21)7-20/h3-4,6,10,21H,1-2,5,7-8H2,(H,19,22). The Hall–Kier alpha value is -1.31. The molecule has 1 aromatic carbocycles. The van der Waals surface area contributed by atoms with E-state index in [4.69, 9.17) is 11.6 Å². The molecule has 1 fully saturated rings. The van der Waals surface area contributed by atoms with Gasteiger partial charge >= 0.3 is 6.18 Å². The Bertz CT molecular complexity index is 551. The summed E-state index contributed by atoms with van der Waals surface area (Å²) in [4.78, 5) is 13.7. The maximum Gasteiger partial charge on any atom is 0.417 e. The van der Waals surface area contributed by atoms with Crippen molar-refractivity contribution in [2.75, 3.05) is 25.0 Å². The Morgan fingerprint density at radius 1 is 1.45 bits per heavy atom. The van der Waals surface area contributed by atoms with E-state index in [0.717, 1.165) is 18.6 Å². The number of aliphatic hydroxyl groups excluding tert-OH is 1. The van der Waals surface area contributed by atoms with E-state index in [-0.39, 0.29) is 12.2 Å². The molecule has 2 rings (SSSR count). The first kappa shape index (κ1) is 17.1. The van der Waals surface area contributed by atoms with E-state index in [9.17, 15) is 23.1 Å². The lowest BCUT2D eigenvalue weighted by atomic mass is 10.1. The molecule has 1 aliphatic heterocycles. The number of nitrogens with zero attached hydrogens (tertiary/aromatic N) is 1. The molecule has 8 heteroatoms. The van der Waals surface area contributed by atoms with Gasteiger partial charge in [0.1, 0.15) is 0 Å². The van der Waals surface area contributed by atoms with Crippen molar-refractivity contribution in [3.63, 3.8) is 0 Å². The second-order valence-electron chi connectivity index (χ2n) is 5.27. The smallest absolute Gasteiger partial charge is 0.392 e. The Morgan fingerprint density at radius 3 is 2.82 bits per heavy atom. The topological polar surface area (TPSA) is 52.6 Å². The summed E-state index contributed by atoms with van der Waals surface area (Å²) in [5.41, 5.74) is -0.945. The van der Waals surface area contributed by atoms with Crippen molar-refractivity contribution in [1.82, 2.24) is 4.90 Å². The summed E-state index contributed by atoms with van der Waals surface area (Å²) in [6.45, 7) is 1.10. The third kappa shape index (κ3) is 4.59. The summed E-state index contributed by atoms with van der Waals surface area (Å²) in [6, 6.07) is 3.23. The number of carbonyl (C=O) groups is 1. The predicted molar refractivity (Wildman–Crippen MR) is 76.8 cm³/mol. The number of likely N-dealkylation sites (tertiary alicyclic amines) is 1. The minimum atomic E-state index is -4.57. The largest absolute Gasteiger partial charge is 0.417 e. The molecular weight excluding hydrogens is 321 g/mol. The molecule has 0 aromatic heterocycles. The molecule has 122 valence electrons. The molecule has 2 N–H and O–H groups in total. The van der Waals surface area contributed by atoms with Crippen LogP contribution in [-0.2, 0) is 11.0 Å². The lowest BCUT2D eigenvalue weighted by Gasteiger charge is -2.29. The predicted octanol–water partition coefficient (Wildman–Crippen LogP) is 2.75. The number of nitrogens with one attached hydrogen (secondary N) is 1. The number of hydrogen-bond donors (Lipinski definition) is 2. The van der Waals surface area contributed by atoms with Crippen LogP contribution in [0, 0.1) is 0 Å². The van der Waals surface area contributed by atoms with Crippen molar-refractivity contribution in [1.29, 1.82) is 0 Å². The van der Waals surface area contributed by atoms with E-state index in [1.54, 1.807) is 4.90 Å². The molecule has 0 spiro atoms. The minimum Gasteiger partial charge on any atom is -0.392 e. The summed E-state index contributed by atoms with van der Waals surface area (Å²) in [5.74, 6) is -0.426. The third-order valence-electron chi connectivity index (χ3n) is 3.40. The number of amides is 1. The molecule has 1 aliphatic rings. The number of piperidine rings is 1. The molecular formula is C14H16ClF3N2O2. The Labute approximate surface area is 130 Å². The summed E-state index contributed by atoms with van der Waals surface area (Å²) < 4.78 is 38.2. The summed E-state index contributed by atoms with van der Waals surface area (Å²) in [7, 11) is 0. The maximum absolute atomic E-state index is 12.7. The van der Waals surface area contributed by atoms with Gasteiger partial charge in [0.2, 0.25) is 5.91 Å². The maximum atomic E-state index is 12.7. The summed E-state index contributed by atoms with van der Waals surface area (Å²) >= 11 is 5.52. The molecule has 1 unspecified atom stereocenters. The van der Waals surface area contributed by atoms with Crippen LogP contribution in [0.4, 0.5) is 18.9 Å². The highest BCUT2D eigenvalue weighted by atomic mass is 35.5. The van der Waals surface area contributed by atoms with Crippen LogP contribution in [0.5, 0.6) is 0 Å². The second-order valence-corrected chi connectivity index (χ2v) is 5.68. The van der Waals surface area contributed by atoms with Crippen LogP contribution in [0.25, 0.3) is 0 Å². The zero-order valence-electron chi connectivity index (χ0n) is 11.7. The Morgan fingerprint density at radius 2 is 2.18 bits per heavy atom. The van der Waals surface area contributed by atoms with Gasteiger partial charge < -0.3 is 10.4 Å². The van der Waals surface area contributed by atoms with Crippen molar-refractivity contribution in [3.05, 3.63) is 28.8 Å². The Kier molecular flexibility index (Phi) is 5.31. The van der Waals surface area contributed by atoms with Crippen molar-refractivity contribution in [3.8, 4) is 0 Å². The lowest BCUT2D eigenvalue weighted by Crippen LogP contribution is -2.42. The Balaban J connectivity index is 1.99. The van der Waals surface area contributed by atoms with Crippen LogP contribution >= 0.6 is 11.6 Å². The van der Waals surface area contributed by atoms with Gasteiger partial charge in [0.25, 0.3) is 0 Å². The fraction of sp³-hybridized carbons (Fsp3) is 0.500. The van der Waals surface area contributed by atoms with Gasteiger partial charge in [-0.3, -0.25) is 9.69 Å². The summed E-state index contributed by atoms with van der Waals surface area (Å²) in [5, 5.41) is 11.5. The van der Waals surface area contributed by atoms with Crippen molar-refractivity contribution >= 4 is 23.2 Å². The molecule has 1 atom stereocenters. The number of β-amino-alcohol motifs (C(OH)–C–C–N with tert-alkyl or cyclic N) is 1. The molecule has 1 amide bonds. The van der Waals surface area contributed by atoms with Crippen LogP contribution in [0.2, 0.25) is 5.02 Å². The van der Waals surface area contributed by atoms with E-state index < -0.39 is 28.8 Å². The van der Waals surface area contributed by atoms with Gasteiger partial charge in [-0.25, -0.2) is 0 Å². The van der Waals surface area contributed by atoms with Gasteiger partial charge in [-0.2, -0.15) is 13.2 Å². The SMILES string of the molecule is O=C(CN1CCCC(O)C1)Nc1ccc(Cl)c(C(F)(F)F)c1. The number of hydrogen-bond acceptors (Lipinski definition) is 3. The van der Waals surface area contributed by atoms with Gasteiger partial charge in [0.05, 0.1) is 23.2 Å². The number of rotatable bonds is 3. The first-order valence-electron chi connectivity index (χ1n) is 6.83. The fourth-order valence-corrected chi connectivity index (χ4v) is 2.62. The number of anilines is 1. The van der Waals surface area contributed by atoms with Gasteiger partial charge in [-0.1, -0.05) is 11.6 Å². The molecule has 1 saturated heterocycles. The molecule has 1 aromatic rings. The number of alkyl halides is 3. The average Bonchev–Trinajstić information content (AvgIpc) is 2.39. The number of halogens is 4. The number of benzene rings is 1. The zero-order chi connectivity index (χ0) is 16.3. The average molecular weight is 337 g/mol. The van der Waals surface area contributed by atoms with Crippen molar-refractivity contribution in [2.24, 2.45) is 0 Å². The van der Waals surface area contributed by atoms with Crippen molar-refractivity contribution < 1.29 is 23.1 Å². The highest BCUT2D eigenvalue weighted by Gasteiger charge is 2.33. The molecule has 0 bridgehead atoms. The molecule has 4 nitrogen and oxygen atoms in total. The molecule has 0 saturated carbocycles. The van der Waals surface area contributed by atoms with Crippen LogP contribution in [-0.4, -0.2) is 41.7 Å². The van der Waals surface area contributed by atoms with Crippen LogP contribution in [0.3, 0.4) is 0 Å². The minimum absolute atomic E-state index is 0.0288. The van der Waals surface area contributed by atoms with Gasteiger partial charge in [-0.15, -0.1) is 0 Å². The molecule has 22 heavy (non-hydrogen) atoms. The number of aliphatic hydroxyl groups is 1. The first-order valence-corrected chi connectivity index (χ1v) is 7.20. The van der Waals surface area contributed by atoms with Crippen molar-refractivity contribution in [2.45, 2.75) is 25.1 Å². The monoisotopic (exact) mass is 336 g/mol. The number of carbonyl (C=O) groups excluding carboxylic acids is 1. The van der Waals surface area contributed by atoms with E-state index in [1.165, 1.54) is 6.07 Å². The molecule has 0 aliphatic carbocycles. The fourth-order valence-electron chi connectivity index (χ4n) is 2.40. The van der Waals surface area contributed by atoms with E-state index >= 15 is 0 Å². The second kappa shape index (κ2) is 6.85. The van der Waals surface area contributed by atoms with Gasteiger partial charge in [-0.05, 0) is 37.6 Å². The third-order valence-corrected chi connectivity index (χ3v) is 3.73. The molecule has 1 heterocycles. The van der Waals surface area contributed by atoms with Crippen LogP contribution < -0.4 is 5.32 Å². The van der Waals surface area contributed by atoms with Crippen LogP contribution in [0.15, 0.2) is 18.2 Å². The van der Waals surface area contributed by atoms with E-state index in [1.807, 2.05) is 0 Å². The first-order chi connectivity index (χ1) is 10.3. The van der Waals surface area contributed by atoms with Crippen LogP contribution in [0.1, 0.15) is 18.4 Å². The van der Waals surface area contributed by atoms with Gasteiger partial charge in [0.15, 0.2) is 0 Å². The van der Waals surface area contributed by atoms with Gasteiger partial charge in [0, 0.05) is 12.2 Å². The van der Waals surface area contributed by atoms with E-state index in [2.05, 4.69) is 5.32 Å². The highest BCUT2D eigenvalue weighted by Crippen LogP contribution is 2.36. The zero-order valence-corrected chi connectivity index (χ0v) is 12.4. The normalized spacial score (nSPS) is 20.0. The highest BCUT2D eigenvalue weighted by molar-refractivity contribution is 6.31.